The molecule has 4 nitrogen and oxygen atoms in total. The van der Waals surface area contributed by atoms with Crippen LogP contribution in [-0.4, -0.2) is 19.8 Å². The lowest BCUT2D eigenvalue weighted by atomic mass is 10.2. The van der Waals surface area contributed by atoms with Gasteiger partial charge in [-0.3, -0.25) is 9.20 Å². The summed E-state index contributed by atoms with van der Waals surface area (Å²) in [6.45, 7) is 6.01. The van der Waals surface area contributed by atoms with E-state index in [1.807, 2.05) is 31.2 Å². The number of halogens is 2. The van der Waals surface area contributed by atoms with E-state index in [0.717, 1.165) is 11.5 Å². The highest BCUT2D eigenvalue weighted by atomic mass is 35.5. The highest BCUT2D eigenvalue weighted by Crippen LogP contribution is 2.19. The lowest BCUT2D eigenvalue weighted by Gasteiger charge is -2.07. The quantitative estimate of drug-likeness (QED) is 0.791. The lowest BCUT2D eigenvalue weighted by Crippen LogP contribution is -2.03. The summed E-state index contributed by atoms with van der Waals surface area (Å²) in [7, 11) is 0. The van der Waals surface area contributed by atoms with Crippen LogP contribution in [0.25, 0.3) is 5.65 Å². The van der Waals surface area contributed by atoms with Gasteiger partial charge in [-0.1, -0.05) is 13.8 Å². The summed E-state index contributed by atoms with van der Waals surface area (Å²) >= 11 is 5.50. The Morgan fingerprint density at radius 3 is 2.53 bits per heavy atom. The summed E-state index contributed by atoms with van der Waals surface area (Å²) in [5, 5.41) is 7.62. The van der Waals surface area contributed by atoms with Gasteiger partial charge in [-0.05, 0) is 30.7 Å². The van der Waals surface area contributed by atoms with Crippen molar-refractivity contribution < 1.29 is 4.79 Å². The van der Waals surface area contributed by atoms with E-state index < -0.39 is 5.24 Å². The van der Waals surface area contributed by atoms with Crippen LogP contribution in [0, 0.1) is 6.92 Å². The van der Waals surface area contributed by atoms with Gasteiger partial charge >= 0.3 is 0 Å². The summed E-state index contributed by atoms with van der Waals surface area (Å²) in [6, 6.07) is 3.52. The predicted molar refractivity (Wildman–Crippen MR) is 69.2 cm³/mol. The predicted octanol–water partition coefficient (Wildman–Crippen LogP) is 2.96. The van der Waals surface area contributed by atoms with E-state index >= 15 is 0 Å². The number of aromatic nitrogens is 3. The fraction of sp³-hybridized carbons (Fsp3) is 0.364. The number of fused-ring (bicyclic) bond motifs is 1. The molecule has 2 rings (SSSR count). The molecule has 6 heteroatoms. The topological polar surface area (TPSA) is 47.3 Å². The highest BCUT2D eigenvalue weighted by molar-refractivity contribution is 6.68. The largest absolute Gasteiger partial charge is 0.283 e. The van der Waals surface area contributed by atoms with Crippen LogP contribution in [0.2, 0.25) is 0 Å². The maximum atomic E-state index is 11.2. The summed E-state index contributed by atoms with van der Waals surface area (Å²) in [5.41, 5.74) is 1.92. The van der Waals surface area contributed by atoms with Crippen molar-refractivity contribution in [2.75, 3.05) is 0 Å². The number of hydrogen-bond acceptors (Lipinski definition) is 3. The van der Waals surface area contributed by atoms with Crippen molar-refractivity contribution in [1.29, 1.82) is 0 Å². The van der Waals surface area contributed by atoms with Crippen molar-refractivity contribution in [2.24, 2.45) is 0 Å². The number of carbonyl (C=O) groups is 1. The minimum absolute atomic E-state index is 0. The standard InChI is InChI=1S/C11H12ClN3O.ClH/c1-6(2)10-13-14-11-8(9(12)16)5-4-7(3)15(10)11;/h4-6H,1-3H3;1H. The smallest absolute Gasteiger partial charge is 0.256 e. The minimum atomic E-state index is -0.507. The molecule has 0 bridgehead atoms. The first-order chi connectivity index (χ1) is 7.52. The van der Waals surface area contributed by atoms with Crippen LogP contribution in [-0.2, 0) is 0 Å². The van der Waals surface area contributed by atoms with Gasteiger partial charge in [-0.15, -0.1) is 22.6 Å². The van der Waals surface area contributed by atoms with Crippen LogP contribution in [0.4, 0.5) is 0 Å². The number of nitrogens with zero attached hydrogens (tertiary/aromatic N) is 3. The summed E-state index contributed by atoms with van der Waals surface area (Å²) in [5.74, 6) is 1.08. The van der Waals surface area contributed by atoms with Gasteiger partial charge in [0.2, 0.25) is 0 Å². The fourth-order valence-electron chi connectivity index (χ4n) is 1.70. The molecule has 0 aliphatic heterocycles. The Morgan fingerprint density at radius 2 is 2.00 bits per heavy atom. The maximum Gasteiger partial charge on any atom is 0.256 e. The molecular formula is C11H13Cl2N3O. The molecule has 2 heterocycles. The molecule has 0 saturated carbocycles. The van der Waals surface area contributed by atoms with Crippen LogP contribution in [0.3, 0.4) is 0 Å². The Kier molecular flexibility index (Phi) is 4.11. The van der Waals surface area contributed by atoms with Crippen molar-refractivity contribution in [3.63, 3.8) is 0 Å². The van der Waals surface area contributed by atoms with E-state index in [-0.39, 0.29) is 18.3 Å². The molecule has 2 aromatic heterocycles. The first-order valence-corrected chi connectivity index (χ1v) is 5.44. The average Bonchev–Trinajstić information content (AvgIpc) is 2.62. The monoisotopic (exact) mass is 273 g/mol. The molecule has 17 heavy (non-hydrogen) atoms. The first-order valence-electron chi connectivity index (χ1n) is 5.07. The molecule has 92 valence electrons. The van der Waals surface area contributed by atoms with Crippen molar-refractivity contribution in [3.05, 3.63) is 29.2 Å². The van der Waals surface area contributed by atoms with Gasteiger partial charge in [0, 0.05) is 11.6 Å². The molecule has 0 spiro atoms. The van der Waals surface area contributed by atoms with E-state index in [2.05, 4.69) is 10.2 Å². The molecule has 0 saturated heterocycles. The third kappa shape index (κ3) is 2.28. The number of rotatable bonds is 2. The molecule has 0 aliphatic rings. The first kappa shape index (κ1) is 13.9. The molecule has 0 atom stereocenters. The van der Waals surface area contributed by atoms with Crippen molar-refractivity contribution in [2.45, 2.75) is 26.7 Å². The van der Waals surface area contributed by atoms with Gasteiger partial charge in [-0.25, -0.2) is 0 Å². The van der Waals surface area contributed by atoms with Crippen LogP contribution in [0.5, 0.6) is 0 Å². The second-order valence-electron chi connectivity index (χ2n) is 4.03. The average molecular weight is 274 g/mol. The molecule has 0 N–H and O–H groups in total. The van der Waals surface area contributed by atoms with Gasteiger partial charge in [-0.2, -0.15) is 0 Å². The molecule has 0 unspecified atom stereocenters. The number of aryl methyl sites for hydroxylation is 1. The van der Waals surface area contributed by atoms with Crippen molar-refractivity contribution >= 4 is 34.9 Å². The Hall–Kier alpha value is -1.13. The third-order valence-electron chi connectivity index (χ3n) is 2.50. The normalized spacial score (nSPS) is 10.6. The number of carbonyl (C=O) groups excluding carboxylic acids is 1. The van der Waals surface area contributed by atoms with E-state index in [0.29, 0.717) is 11.2 Å². The Morgan fingerprint density at radius 1 is 1.35 bits per heavy atom. The lowest BCUT2D eigenvalue weighted by molar-refractivity contribution is 0.108. The van der Waals surface area contributed by atoms with Gasteiger partial charge in [0.05, 0.1) is 5.56 Å². The van der Waals surface area contributed by atoms with Gasteiger partial charge in [0.25, 0.3) is 5.24 Å². The molecular weight excluding hydrogens is 261 g/mol. The Labute approximate surface area is 110 Å². The molecule has 0 aliphatic carbocycles. The Balaban J connectivity index is 0.00000144. The number of pyridine rings is 1. The zero-order chi connectivity index (χ0) is 11.9. The zero-order valence-corrected chi connectivity index (χ0v) is 11.3. The molecule has 0 radical (unpaired) electrons. The SMILES string of the molecule is Cc1ccc(C(=O)Cl)c2nnc(C(C)C)n12.Cl. The summed E-state index contributed by atoms with van der Waals surface area (Å²) < 4.78 is 1.88. The molecule has 0 fully saturated rings. The summed E-state index contributed by atoms with van der Waals surface area (Å²) in [4.78, 5) is 11.2. The van der Waals surface area contributed by atoms with E-state index in [9.17, 15) is 4.79 Å². The summed E-state index contributed by atoms with van der Waals surface area (Å²) in [6.07, 6.45) is 0. The zero-order valence-electron chi connectivity index (χ0n) is 9.77. The van der Waals surface area contributed by atoms with Gasteiger partial charge < -0.3 is 0 Å². The van der Waals surface area contributed by atoms with Gasteiger partial charge in [0.15, 0.2) is 5.65 Å². The second kappa shape index (κ2) is 5.02. The van der Waals surface area contributed by atoms with Gasteiger partial charge in [0.1, 0.15) is 5.82 Å². The van der Waals surface area contributed by atoms with E-state index in [1.165, 1.54) is 0 Å². The second-order valence-corrected chi connectivity index (χ2v) is 4.38. The fourth-order valence-corrected chi connectivity index (χ4v) is 1.85. The van der Waals surface area contributed by atoms with Crippen LogP contribution < -0.4 is 0 Å². The van der Waals surface area contributed by atoms with Crippen molar-refractivity contribution in [3.8, 4) is 0 Å². The third-order valence-corrected chi connectivity index (χ3v) is 2.70. The van der Waals surface area contributed by atoms with E-state index in [1.54, 1.807) is 6.07 Å². The maximum absolute atomic E-state index is 11.2. The molecule has 2 aromatic rings. The van der Waals surface area contributed by atoms with E-state index in [4.69, 9.17) is 11.6 Å². The Bertz CT molecular complexity index is 563. The minimum Gasteiger partial charge on any atom is -0.283 e. The van der Waals surface area contributed by atoms with Crippen molar-refractivity contribution in [1.82, 2.24) is 14.6 Å². The number of hydrogen-bond donors (Lipinski definition) is 0. The van der Waals surface area contributed by atoms with Crippen LogP contribution in [0.15, 0.2) is 12.1 Å². The molecule has 0 aromatic carbocycles. The highest BCUT2D eigenvalue weighted by Gasteiger charge is 2.16. The van der Waals surface area contributed by atoms with Crippen LogP contribution >= 0.6 is 24.0 Å². The molecule has 0 amide bonds. The van der Waals surface area contributed by atoms with Crippen LogP contribution in [0.1, 0.15) is 41.6 Å².